The SMILES string of the molecule is Cc1ccc(F)cc1CN1CCCCC1CNCC(C)C. The minimum absolute atomic E-state index is 0.123. The molecule has 1 atom stereocenters. The molecule has 3 heteroatoms. The maximum atomic E-state index is 13.5. The molecular formula is C18H29FN2. The maximum Gasteiger partial charge on any atom is 0.123 e. The number of nitrogens with one attached hydrogen (secondary N) is 1. The Kier molecular flexibility index (Phi) is 6.19. The van der Waals surface area contributed by atoms with Crippen molar-refractivity contribution in [1.29, 1.82) is 0 Å². The van der Waals surface area contributed by atoms with E-state index in [0.717, 1.165) is 31.7 Å². The van der Waals surface area contributed by atoms with Gasteiger partial charge in [0.25, 0.3) is 0 Å². The van der Waals surface area contributed by atoms with Gasteiger partial charge in [-0.2, -0.15) is 0 Å². The lowest BCUT2D eigenvalue weighted by Crippen LogP contribution is -2.45. The third-order valence-corrected chi connectivity index (χ3v) is 4.37. The fourth-order valence-electron chi connectivity index (χ4n) is 3.07. The molecule has 0 aromatic heterocycles. The van der Waals surface area contributed by atoms with Crippen LogP contribution in [-0.4, -0.2) is 30.6 Å². The molecule has 0 bridgehead atoms. The third kappa shape index (κ3) is 5.08. The van der Waals surface area contributed by atoms with Crippen molar-refractivity contribution in [3.8, 4) is 0 Å². The first-order chi connectivity index (χ1) is 10.1. The van der Waals surface area contributed by atoms with Gasteiger partial charge in [-0.15, -0.1) is 0 Å². The average molecular weight is 292 g/mol. The topological polar surface area (TPSA) is 15.3 Å². The Labute approximate surface area is 128 Å². The molecule has 1 aromatic carbocycles. The van der Waals surface area contributed by atoms with Crippen molar-refractivity contribution in [2.24, 2.45) is 5.92 Å². The predicted octanol–water partition coefficient (Wildman–Crippen LogP) is 3.73. The Bertz CT molecular complexity index is 445. The molecule has 1 aliphatic heterocycles. The molecular weight excluding hydrogens is 263 g/mol. The highest BCUT2D eigenvalue weighted by Gasteiger charge is 2.22. The van der Waals surface area contributed by atoms with Crippen molar-refractivity contribution in [3.05, 3.63) is 35.1 Å². The van der Waals surface area contributed by atoms with Crippen LogP contribution in [0.2, 0.25) is 0 Å². The van der Waals surface area contributed by atoms with Crippen LogP contribution in [-0.2, 0) is 6.54 Å². The summed E-state index contributed by atoms with van der Waals surface area (Å²) in [5.74, 6) is 0.564. The molecule has 21 heavy (non-hydrogen) atoms. The van der Waals surface area contributed by atoms with Crippen LogP contribution in [0.1, 0.15) is 44.2 Å². The number of halogens is 1. The lowest BCUT2D eigenvalue weighted by molar-refractivity contribution is 0.136. The van der Waals surface area contributed by atoms with Gasteiger partial charge in [0.1, 0.15) is 5.82 Å². The summed E-state index contributed by atoms with van der Waals surface area (Å²) in [7, 11) is 0. The zero-order valence-electron chi connectivity index (χ0n) is 13.7. The monoisotopic (exact) mass is 292 g/mol. The Hall–Kier alpha value is -0.930. The molecule has 0 amide bonds. The molecule has 1 aliphatic rings. The first kappa shape index (κ1) is 16.4. The van der Waals surface area contributed by atoms with E-state index >= 15 is 0 Å². The summed E-state index contributed by atoms with van der Waals surface area (Å²) >= 11 is 0. The molecule has 0 saturated carbocycles. The summed E-state index contributed by atoms with van der Waals surface area (Å²) < 4.78 is 13.5. The first-order valence-electron chi connectivity index (χ1n) is 8.26. The van der Waals surface area contributed by atoms with Crippen LogP contribution in [0.15, 0.2) is 18.2 Å². The summed E-state index contributed by atoms with van der Waals surface area (Å²) in [6.45, 7) is 10.7. The number of aryl methyl sites for hydroxylation is 1. The van der Waals surface area contributed by atoms with Crippen LogP contribution >= 0.6 is 0 Å². The van der Waals surface area contributed by atoms with E-state index < -0.39 is 0 Å². The van der Waals surface area contributed by atoms with Crippen LogP contribution in [0.3, 0.4) is 0 Å². The number of likely N-dealkylation sites (tertiary alicyclic amines) is 1. The largest absolute Gasteiger partial charge is 0.315 e. The minimum Gasteiger partial charge on any atom is -0.315 e. The Morgan fingerprint density at radius 3 is 2.90 bits per heavy atom. The zero-order valence-corrected chi connectivity index (χ0v) is 13.7. The fraction of sp³-hybridized carbons (Fsp3) is 0.667. The summed E-state index contributed by atoms with van der Waals surface area (Å²) in [6, 6.07) is 5.72. The Balaban J connectivity index is 1.96. The first-order valence-corrected chi connectivity index (χ1v) is 8.26. The van der Waals surface area contributed by atoms with Crippen LogP contribution < -0.4 is 5.32 Å². The summed E-state index contributed by atoms with van der Waals surface area (Å²) in [5.41, 5.74) is 2.32. The van der Waals surface area contributed by atoms with Crippen molar-refractivity contribution < 1.29 is 4.39 Å². The minimum atomic E-state index is -0.123. The van der Waals surface area contributed by atoms with Gasteiger partial charge in [-0.25, -0.2) is 4.39 Å². The smallest absolute Gasteiger partial charge is 0.123 e. The molecule has 1 N–H and O–H groups in total. The Morgan fingerprint density at radius 1 is 1.33 bits per heavy atom. The van der Waals surface area contributed by atoms with Crippen molar-refractivity contribution in [3.63, 3.8) is 0 Å². The van der Waals surface area contributed by atoms with Gasteiger partial charge < -0.3 is 5.32 Å². The van der Waals surface area contributed by atoms with Crippen LogP contribution in [0, 0.1) is 18.7 Å². The van der Waals surface area contributed by atoms with Crippen LogP contribution in [0.4, 0.5) is 4.39 Å². The number of nitrogens with zero attached hydrogens (tertiary/aromatic N) is 1. The summed E-state index contributed by atoms with van der Waals surface area (Å²) in [4.78, 5) is 2.53. The number of hydrogen-bond donors (Lipinski definition) is 1. The molecule has 1 saturated heterocycles. The number of hydrogen-bond acceptors (Lipinski definition) is 2. The molecule has 0 spiro atoms. The van der Waals surface area contributed by atoms with E-state index in [1.165, 1.54) is 24.8 Å². The van der Waals surface area contributed by atoms with Gasteiger partial charge in [-0.3, -0.25) is 4.90 Å². The summed E-state index contributed by atoms with van der Waals surface area (Å²) in [5, 5.41) is 3.58. The molecule has 2 rings (SSSR count). The number of benzene rings is 1. The van der Waals surface area contributed by atoms with Gasteiger partial charge in [-0.1, -0.05) is 26.3 Å². The van der Waals surface area contributed by atoms with E-state index in [4.69, 9.17) is 0 Å². The van der Waals surface area contributed by atoms with E-state index in [1.807, 2.05) is 6.07 Å². The molecule has 1 fully saturated rings. The second kappa shape index (κ2) is 7.90. The average Bonchev–Trinajstić information content (AvgIpc) is 2.44. The molecule has 1 unspecified atom stereocenters. The van der Waals surface area contributed by atoms with E-state index in [-0.39, 0.29) is 5.82 Å². The normalized spacial score (nSPS) is 20.1. The fourth-order valence-corrected chi connectivity index (χ4v) is 3.07. The molecule has 1 heterocycles. The van der Waals surface area contributed by atoms with E-state index in [1.54, 1.807) is 12.1 Å². The highest BCUT2D eigenvalue weighted by molar-refractivity contribution is 5.26. The van der Waals surface area contributed by atoms with Gasteiger partial charge in [0.2, 0.25) is 0 Å². The highest BCUT2D eigenvalue weighted by Crippen LogP contribution is 2.21. The quantitative estimate of drug-likeness (QED) is 0.859. The van der Waals surface area contributed by atoms with Gasteiger partial charge >= 0.3 is 0 Å². The van der Waals surface area contributed by atoms with E-state index in [0.29, 0.717) is 12.0 Å². The van der Waals surface area contributed by atoms with Gasteiger partial charge in [0.05, 0.1) is 0 Å². The van der Waals surface area contributed by atoms with E-state index in [9.17, 15) is 4.39 Å². The van der Waals surface area contributed by atoms with Crippen molar-refractivity contribution >= 4 is 0 Å². The highest BCUT2D eigenvalue weighted by atomic mass is 19.1. The van der Waals surface area contributed by atoms with Gasteiger partial charge in [-0.05, 0) is 62.0 Å². The maximum absolute atomic E-state index is 13.5. The second-order valence-corrected chi connectivity index (χ2v) is 6.74. The molecule has 2 nitrogen and oxygen atoms in total. The van der Waals surface area contributed by atoms with Crippen molar-refractivity contribution in [1.82, 2.24) is 10.2 Å². The zero-order chi connectivity index (χ0) is 15.2. The Morgan fingerprint density at radius 2 is 2.14 bits per heavy atom. The van der Waals surface area contributed by atoms with Crippen molar-refractivity contribution in [2.45, 2.75) is 52.6 Å². The van der Waals surface area contributed by atoms with E-state index in [2.05, 4.69) is 31.0 Å². The lowest BCUT2D eigenvalue weighted by Gasteiger charge is -2.36. The molecule has 0 radical (unpaired) electrons. The standard InChI is InChI=1S/C18H29FN2/c1-14(2)11-20-12-18-6-4-5-9-21(18)13-16-10-17(19)8-7-15(16)3/h7-8,10,14,18,20H,4-6,9,11-13H2,1-3H3. The lowest BCUT2D eigenvalue weighted by atomic mass is 9.99. The third-order valence-electron chi connectivity index (χ3n) is 4.37. The molecule has 118 valence electrons. The molecule has 1 aromatic rings. The molecule has 0 aliphatic carbocycles. The van der Waals surface area contributed by atoms with Gasteiger partial charge in [0.15, 0.2) is 0 Å². The second-order valence-electron chi connectivity index (χ2n) is 6.74. The van der Waals surface area contributed by atoms with Gasteiger partial charge in [0, 0.05) is 19.1 Å². The summed E-state index contributed by atoms with van der Waals surface area (Å²) in [6.07, 6.45) is 3.82. The van der Waals surface area contributed by atoms with Crippen molar-refractivity contribution in [2.75, 3.05) is 19.6 Å². The predicted molar refractivity (Wildman–Crippen MR) is 86.9 cm³/mol. The number of piperidine rings is 1. The van der Waals surface area contributed by atoms with Crippen LogP contribution in [0.5, 0.6) is 0 Å². The van der Waals surface area contributed by atoms with Crippen LogP contribution in [0.25, 0.3) is 0 Å². The number of rotatable bonds is 6.